The Bertz CT molecular complexity index is 618. The molecule has 20 heavy (non-hydrogen) atoms. The molecule has 102 valence electrons. The first kappa shape index (κ1) is 14.5. The molecule has 3 nitrogen and oxygen atoms in total. The second kappa shape index (κ2) is 7.03. The van der Waals surface area contributed by atoms with Gasteiger partial charge in [-0.05, 0) is 47.9 Å². The van der Waals surface area contributed by atoms with Crippen molar-refractivity contribution in [2.45, 2.75) is 0 Å². The van der Waals surface area contributed by atoms with Gasteiger partial charge in [0.2, 0.25) is 5.91 Å². The number of thiophene rings is 1. The van der Waals surface area contributed by atoms with Gasteiger partial charge >= 0.3 is 0 Å². The second-order valence-corrected chi connectivity index (χ2v) is 5.22. The molecule has 5 heteroatoms. The van der Waals surface area contributed by atoms with Gasteiger partial charge in [0.25, 0.3) is 0 Å². The molecule has 0 spiro atoms. The van der Waals surface area contributed by atoms with Gasteiger partial charge in [0, 0.05) is 16.1 Å². The van der Waals surface area contributed by atoms with Gasteiger partial charge in [0.1, 0.15) is 5.88 Å². The van der Waals surface area contributed by atoms with Crippen molar-refractivity contribution in [3.05, 3.63) is 58.3 Å². The number of halogens is 1. The summed E-state index contributed by atoms with van der Waals surface area (Å²) >= 11 is 6.97. The Morgan fingerprint density at radius 3 is 2.55 bits per heavy atom. The second-order valence-electron chi connectivity index (χ2n) is 3.97. The molecule has 2 rings (SSSR count). The highest BCUT2D eigenvalue weighted by molar-refractivity contribution is 7.10. The minimum atomic E-state index is -0.275. The van der Waals surface area contributed by atoms with Crippen molar-refractivity contribution in [2.75, 3.05) is 11.2 Å². The third-order valence-corrected chi connectivity index (χ3v) is 3.60. The van der Waals surface area contributed by atoms with Crippen molar-refractivity contribution in [2.24, 2.45) is 0 Å². The Morgan fingerprint density at radius 2 is 1.95 bits per heavy atom. The summed E-state index contributed by atoms with van der Waals surface area (Å²) < 4.78 is 0. The molecule has 0 saturated carbocycles. The van der Waals surface area contributed by atoms with Crippen molar-refractivity contribution in [1.82, 2.24) is 0 Å². The van der Waals surface area contributed by atoms with Crippen molar-refractivity contribution in [3.63, 3.8) is 0 Å². The molecule has 0 atom stereocenters. The van der Waals surface area contributed by atoms with Crippen molar-refractivity contribution < 1.29 is 9.59 Å². The lowest BCUT2D eigenvalue weighted by Crippen LogP contribution is -2.12. The van der Waals surface area contributed by atoms with Gasteiger partial charge < -0.3 is 5.32 Å². The van der Waals surface area contributed by atoms with Crippen LogP contribution in [-0.2, 0) is 4.79 Å². The van der Waals surface area contributed by atoms with Crippen LogP contribution in [0, 0.1) is 0 Å². The molecule has 0 unspecified atom stereocenters. The van der Waals surface area contributed by atoms with Gasteiger partial charge in [-0.25, -0.2) is 0 Å². The van der Waals surface area contributed by atoms with E-state index in [1.807, 2.05) is 17.5 Å². The monoisotopic (exact) mass is 305 g/mol. The molecule has 1 N–H and O–H groups in total. The minimum absolute atomic E-state index is 0.0754. The smallest absolute Gasteiger partial charge is 0.239 e. The zero-order chi connectivity index (χ0) is 14.4. The SMILES string of the molecule is O=C(CCl)Nc1ccc(C(=O)/C=C/c2cccs2)cc1. The van der Waals surface area contributed by atoms with Crippen LogP contribution in [0.15, 0.2) is 47.9 Å². The van der Waals surface area contributed by atoms with Crippen LogP contribution < -0.4 is 5.32 Å². The summed E-state index contributed by atoms with van der Waals surface area (Å²) in [6, 6.07) is 10.6. The molecule has 1 aromatic heterocycles. The molecule has 1 amide bonds. The summed E-state index contributed by atoms with van der Waals surface area (Å²) in [4.78, 5) is 24.1. The molecule has 0 bridgehead atoms. The molecule has 1 aromatic carbocycles. The number of carbonyl (C=O) groups excluding carboxylic acids is 2. The first-order valence-electron chi connectivity index (χ1n) is 5.91. The van der Waals surface area contributed by atoms with Crippen molar-refractivity contribution in [3.8, 4) is 0 Å². The molecular weight excluding hydrogens is 294 g/mol. The average molecular weight is 306 g/mol. The van der Waals surface area contributed by atoms with Crippen LogP contribution in [0.5, 0.6) is 0 Å². The molecule has 0 aliphatic carbocycles. The lowest BCUT2D eigenvalue weighted by atomic mass is 10.1. The fourth-order valence-corrected chi connectivity index (χ4v) is 2.24. The van der Waals surface area contributed by atoms with E-state index < -0.39 is 0 Å². The maximum absolute atomic E-state index is 11.9. The number of nitrogens with one attached hydrogen (secondary N) is 1. The quantitative estimate of drug-likeness (QED) is 0.518. The highest BCUT2D eigenvalue weighted by Gasteiger charge is 2.03. The van der Waals surface area contributed by atoms with E-state index in [-0.39, 0.29) is 17.6 Å². The van der Waals surface area contributed by atoms with Crippen LogP contribution in [0.25, 0.3) is 6.08 Å². The number of anilines is 1. The first-order chi connectivity index (χ1) is 9.69. The Kier molecular flexibility index (Phi) is 5.09. The van der Waals surface area contributed by atoms with E-state index in [1.54, 1.807) is 41.7 Å². The molecule has 0 fully saturated rings. The van der Waals surface area contributed by atoms with Gasteiger partial charge in [-0.3, -0.25) is 9.59 Å². The van der Waals surface area contributed by atoms with Crippen LogP contribution in [0.3, 0.4) is 0 Å². The number of ketones is 1. The van der Waals surface area contributed by atoms with Crippen LogP contribution in [0.1, 0.15) is 15.2 Å². The number of hydrogen-bond acceptors (Lipinski definition) is 3. The highest BCUT2D eigenvalue weighted by atomic mass is 35.5. The summed E-state index contributed by atoms with van der Waals surface area (Å²) in [5.74, 6) is -0.443. The van der Waals surface area contributed by atoms with E-state index in [0.717, 1.165) is 4.88 Å². The number of carbonyl (C=O) groups is 2. The van der Waals surface area contributed by atoms with Gasteiger partial charge in [0.15, 0.2) is 5.78 Å². The maximum atomic E-state index is 11.9. The Hall–Kier alpha value is -1.91. The fraction of sp³-hybridized carbons (Fsp3) is 0.0667. The third-order valence-electron chi connectivity index (χ3n) is 2.52. The number of amides is 1. The van der Waals surface area contributed by atoms with Crippen LogP contribution in [-0.4, -0.2) is 17.6 Å². The molecule has 0 radical (unpaired) electrons. The number of hydrogen-bond donors (Lipinski definition) is 1. The maximum Gasteiger partial charge on any atom is 0.239 e. The number of rotatable bonds is 5. The van der Waals surface area contributed by atoms with Gasteiger partial charge in [-0.2, -0.15) is 0 Å². The Balaban J connectivity index is 2.02. The predicted octanol–water partition coefficient (Wildman–Crippen LogP) is 3.82. The van der Waals surface area contributed by atoms with Gasteiger partial charge in [0.05, 0.1) is 0 Å². The average Bonchev–Trinajstić information content (AvgIpc) is 2.98. The number of allylic oxidation sites excluding steroid dienone is 1. The summed E-state index contributed by atoms with van der Waals surface area (Å²) in [6.45, 7) is 0. The van der Waals surface area contributed by atoms with E-state index in [9.17, 15) is 9.59 Å². The van der Waals surface area contributed by atoms with E-state index in [0.29, 0.717) is 11.3 Å². The molecule has 1 heterocycles. The third kappa shape index (κ3) is 4.05. The molecular formula is C15H12ClNO2S. The molecule has 2 aromatic rings. The first-order valence-corrected chi connectivity index (χ1v) is 7.32. The van der Waals surface area contributed by atoms with Crippen LogP contribution >= 0.6 is 22.9 Å². The summed E-state index contributed by atoms with van der Waals surface area (Å²) in [7, 11) is 0. The number of alkyl halides is 1. The standard InChI is InChI=1S/C15H12ClNO2S/c16-10-15(19)17-12-5-3-11(4-6-12)14(18)8-7-13-2-1-9-20-13/h1-9H,10H2,(H,17,19)/b8-7+. The Labute approximate surface area is 125 Å². The minimum Gasteiger partial charge on any atom is -0.325 e. The topological polar surface area (TPSA) is 46.2 Å². The lowest BCUT2D eigenvalue weighted by molar-refractivity contribution is -0.113. The number of benzene rings is 1. The molecule has 0 aliphatic heterocycles. The highest BCUT2D eigenvalue weighted by Crippen LogP contribution is 2.13. The van der Waals surface area contributed by atoms with Crippen LogP contribution in [0.4, 0.5) is 5.69 Å². The van der Waals surface area contributed by atoms with E-state index in [1.165, 1.54) is 6.08 Å². The fourth-order valence-electron chi connectivity index (χ4n) is 1.55. The van der Waals surface area contributed by atoms with E-state index >= 15 is 0 Å². The molecule has 0 aliphatic rings. The summed E-state index contributed by atoms with van der Waals surface area (Å²) in [5, 5.41) is 4.57. The zero-order valence-electron chi connectivity index (χ0n) is 10.5. The van der Waals surface area contributed by atoms with Crippen molar-refractivity contribution >= 4 is 46.4 Å². The van der Waals surface area contributed by atoms with E-state index in [2.05, 4.69) is 5.32 Å². The van der Waals surface area contributed by atoms with Gasteiger partial charge in [-0.15, -0.1) is 22.9 Å². The molecule has 0 saturated heterocycles. The summed E-state index contributed by atoms with van der Waals surface area (Å²) in [6.07, 6.45) is 3.33. The predicted molar refractivity (Wildman–Crippen MR) is 83.5 cm³/mol. The zero-order valence-corrected chi connectivity index (χ0v) is 12.1. The van der Waals surface area contributed by atoms with E-state index in [4.69, 9.17) is 11.6 Å². The lowest BCUT2D eigenvalue weighted by Gasteiger charge is -2.03. The van der Waals surface area contributed by atoms with Crippen molar-refractivity contribution in [1.29, 1.82) is 0 Å². The van der Waals surface area contributed by atoms with Crippen LogP contribution in [0.2, 0.25) is 0 Å². The summed E-state index contributed by atoms with van der Waals surface area (Å²) in [5.41, 5.74) is 1.19. The largest absolute Gasteiger partial charge is 0.325 e. The van der Waals surface area contributed by atoms with Gasteiger partial charge in [-0.1, -0.05) is 6.07 Å². The normalized spacial score (nSPS) is 10.7. The Morgan fingerprint density at radius 1 is 1.20 bits per heavy atom.